The summed E-state index contributed by atoms with van der Waals surface area (Å²) in [5, 5.41) is 22.6. The summed E-state index contributed by atoms with van der Waals surface area (Å²) in [6.07, 6.45) is 1.85. The number of rotatable bonds is 2. The van der Waals surface area contributed by atoms with Crippen molar-refractivity contribution in [2.75, 3.05) is 0 Å². The van der Waals surface area contributed by atoms with Crippen LogP contribution in [0.3, 0.4) is 0 Å². The van der Waals surface area contributed by atoms with Crippen molar-refractivity contribution in [2.45, 2.75) is 25.4 Å². The molecule has 98 valence electrons. The second-order valence-corrected chi connectivity index (χ2v) is 5.08. The molecule has 0 bridgehead atoms. The lowest BCUT2D eigenvalue weighted by atomic mass is 9.92. The Morgan fingerprint density at radius 1 is 1.00 bits per heavy atom. The van der Waals surface area contributed by atoms with E-state index in [2.05, 4.69) is 29.6 Å². The zero-order valence-electron chi connectivity index (χ0n) is 10.6. The Morgan fingerprint density at radius 3 is 2.42 bits per heavy atom. The average molecular weight is 255 g/mol. The fraction of sp³-hybridized carbons (Fsp3) is 0.250. The van der Waals surface area contributed by atoms with Crippen LogP contribution in [0.25, 0.3) is 0 Å². The molecule has 3 nitrogen and oxygen atoms in total. The van der Waals surface area contributed by atoms with Crippen molar-refractivity contribution in [3.63, 3.8) is 0 Å². The second-order valence-electron chi connectivity index (χ2n) is 5.08. The summed E-state index contributed by atoms with van der Waals surface area (Å²) in [6.45, 7) is 0.737. The molecule has 1 aliphatic heterocycles. The molecule has 0 saturated heterocycles. The molecular weight excluding hydrogens is 238 g/mol. The van der Waals surface area contributed by atoms with Gasteiger partial charge >= 0.3 is 0 Å². The van der Waals surface area contributed by atoms with Crippen LogP contribution in [-0.2, 0) is 19.4 Å². The van der Waals surface area contributed by atoms with Gasteiger partial charge in [0.25, 0.3) is 0 Å². The van der Waals surface area contributed by atoms with Crippen molar-refractivity contribution >= 4 is 0 Å². The van der Waals surface area contributed by atoms with Gasteiger partial charge in [-0.1, -0.05) is 30.3 Å². The molecule has 0 saturated carbocycles. The van der Waals surface area contributed by atoms with Crippen LogP contribution in [0, 0.1) is 0 Å². The predicted octanol–water partition coefficient (Wildman–Crippen LogP) is 2.35. The van der Waals surface area contributed by atoms with E-state index in [1.54, 1.807) is 12.1 Å². The van der Waals surface area contributed by atoms with Crippen molar-refractivity contribution in [3.8, 4) is 11.5 Å². The minimum Gasteiger partial charge on any atom is -0.504 e. The molecule has 19 heavy (non-hydrogen) atoms. The molecule has 0 aromatic heterocycles. The first-order chi connectivity index (χ1) is 9.22. The molecule has 1 heterocycles. The number of benzene rings is 2. The third-order valence-electron chi connectivity index (χ3n) is 3.67. The van der Waals surface area contributed by atoms with E-state index in [9.17, 15) is 10.2 Å². The minimum atomic E-state index is -0.0398. The molecule has 3 heteroatoms. The van der Waals surface area contributed by atoms with E-state index in [4.69, 9.17) is 0 Å². The Hall–Kier alpha value is -2.00. The van der Waals surface area contributed by atoms with Gasteiger partial charge in [-0.15, -0.1) is 0 Å². The summed E-state index contributed by atoms with van der Waals surface area (Å²) in [4.78, 5) is 0. The first-order valence-electron chi connectivity index (χ1n) is 6.53. The monoisotopic (exact) mass is 255 g/mol. The molecular formula is C16H17NO2. The molecule has 0 fully saturated rings. The molecule has 2 aromatic rings. The lowest BCUT2D eigenvalue weighted by molar-refractivity contribution is 0.398. The van der Waals surface area contributed by atoms with Gasteiger partial charge in [0.2, 0.25) is 0 Å². The topological polar surface area (TPSA) is 52.5 Å². The highest BCUT2D eigenvalue weighted by atomic mass is 16.3. The number of nitrogens with one attached hydrogen (secondary N) is 1. The number of hydrogen-bond donors (Lipinski definition) is 3. The molecule has 1 unspecified atom stereocenters. The number of phenols is 2. The van der Waals surface area contributed by atoms with Gasteiger partial charge in [-0.3, -0.25) is 0 Å². The van der Waals surface area contributed by atoms with Gasteiger partial charge in [0.05, 0.1) is 0 Å². The van der Waals surface area contributed by atoms with E-state index < -0.39 is 0 Å². The first-order valence-corrected chi connectivity index (χ1v) is 6.53. The standard InChI is InChI=1S/C16H17NO2/c18-15-8-12-7-14(6-11-4-2-1-3-5-11)17-10-13(12)9-16(15)19/h1-5,8-9,14,17-19H,6-7,10H2. The summed E-state index contributed by atoms with van der Waals surface area (Å²) in [5.41, 5.74) is 3.50. The molecule has 1 aliphatic rings. The van der Waals surface area contributed by atoms with Crippen LogP contribution in [-0.4, -0.2) is 16.3 Å². The van der Waals surface area contributed by atoms with Crippen LogP contribution in [0.15, 0.2) is 42.5 Å². The lowest BCUT2D eigenvalue weighted by Crippen LogP contribution is -2.37. The van der Waals surface area contributed by atoms with Crippen LogP contribution < -0.4 is 5.32 Å². The van der Waals surface area contributed by atoms with E-state index in [1.807, 2.05) is 6.07 Å². The van der Waals surface area contributed by atoms with Gasteiger partial charge in [-0.2, -0.15) is 0 Å². The van der Waals surface area contributed by atoms with E-state index in [0.717, 1.165) is 30.5 Å². The molecule has 0 radical (unpaired) electrons. The molecule has 0 aliphatic carbocycles. The van der Waals surface area contributed by atoms with E-state index in [-0.39, 0.29) is 11.5 Å². The number of hydrogen-bond acceptors (Lipinski definition) is 3. The average Bonchev–Trinajstić information content (AvgIpc) is 2.42. The molecule has 0 amide bonds. The van der Waals surface area contributed by atoms with Crippen LogP contribution in [0.5, 0.6) is 11.5 Å². The highest BCUT2D eigenvalue weighted by molar-refractivity contribution is 5.46. The number of phenolic OH excluding ortho intramolecular Hbond substituents is 2. The van der Waals surface area contributed by atoms with Crippen LogP contribution in [0.2, 0.25) is 0 Å². The normalized spacial score (nSPS) is 18.0. The molecule has 3 N–H and O–H groups in total. The van der Waals surface area contributed by atoms with Gasteiger partial charge in [0, 0.05) is 12.6 Å². The quantitative estimate of drug-likeness (QED) is 0.722. The Morgan fingerprint density at radius 2 is 1.68 bits per heavy atom. The SMILES string of the molecule is Oc1cc2c(cc1O)CC(Cc1ccccc1)NC2. The molecule has 0 spiro atoms. The molecule has 3 rings (SSSR count). The van der Waals surface area contributed by atoms with E-state index >= 15 is 0 Å². The zero-order chi connectivity index (χ0) is 13.2. The summed E-state index contributed by atoms with van der Waals surface area (Å²) in [7, 11) is 0. The predicted molar refractivity (Wildman–Crippen MR) is 74.2 cm³/mol. The fourth-order valence-electron chi connectivity index (χ4n) is 2.65. The van der Waals surface area contributed by atoms with Crippen molar-refractivity contribution in [1.82, 2.24) is 5.32 Å². The van der Waals surface area contributed by atoms with Gasteiger partial charge in [-0.05, 0) is 41.7 Å². The smallest absolute Gasteiger partial charge is 0.157 e. The summed E-state index contributed by atoms with van der Waals surface area (Å²) in [6, 6.07) is 14.1. The maximum Gasteiger partial charge on any atom is 0.157 e. The van der Waals surface area contributed by atoms with Crippen LogP contribution in [0.1, 0.15) is 16.7 Å². The highest BCUT2D eigenvalue weighted by Crippen LogP contribution is 2.31. The largest absolute Gasteiger partial charge is 0.504 e. The van der Waals surface area contributed by atoms with Crippen LogP contribution >= 0.6 is 0 Å². The first kappa shape index (κ1) is 12.1. The maximum atomic E-state index is 9.58. The van der Waals surface area contributed by atoms with Crippen LogP contribution in [0.4, 0.5) is 0 Å². The van der Waals surface area contributed by atoms with E-state index in [0.29, 0.717) is 6.04 Å². The van der Waals surface area contributed by atoms with Gasteiger partial charge in [-0.25, -0.2) is 0 Å². The Labute approximate surface area is 112 Å². The highest BCUT2D eigenvalue weighted by Gasteiger charge is 2.19. The summed E-state index contributed by atoms with van der Waals surface area (Å²) in [5.74, 6) is -0.0684. The second kappa shape index (κ2) is 4.94. The van der Waals surface area contributed by atoms with Crippen molar-refractivity contribution < 1.29 is 10.2 Å². The van der Waals surface area contributed by atoms with Gasteiger partial charge < -0.3 is 15.5 Å². The molecule has 2 aromatic carbocycles. The minimum absolute atomic E-state index is 0.0286. The van der Waals surface area contributed by atoms with Gasteiger partial charge in [0.1, 0.15) is 0 Å². The van der Waals surface area contributed by atoms with Crippen molar-refractivity contribution in [2.24, 2.45) is 0 Å². The Balaban J connectivity index is 1.77. The Bertz CT molecular complexity index is 581. The maximum absolute atomic E-state index is 9.58. The summed E-state index contributed by atoms with van der Waals surface area (Å²) < 4.78 is 0. The van der Waals surface area contributed by atoms with Gasteiger partial charge in [0.15, 0.2) is 11.5 Å². The number of aromatic hydroxyl groups is 2. The summed E-state index contributed by atoms with van der Waals surface area (Å²) >= 11 is 0. The lowest BCUT2D eigenvalue weighted by Gasteiger charge is -2.26. The zero-order valence-corrected chi connectivity index (χ0v) is 10.6. The van der Waals surface area contributed by atoms with Crippen molar-refractivity contribution in [3.05, 3.63) is 59.2 Å². The fourth-order valence-corrected chi connectivity index (χ4v) is 2.65. The molecule has 1 atom stereocenters. The Kier molecular flexibility index (Phi) is 3.13. The van der Waals surface area contributed by atoms with E-state index in [1.165, 1.54) is 5.56 Å². The third-order valence-corrected chi connectivity index (χ3v) is 3.67. The number of fused-ring (bicyclic) bond motifs is 1. The van der Waals surface area contributed by atoms with Crippen molar-refractivity contribution in [1.29, 1.82) is 0 Å². The third kappa shape index (κ3) is 2.56.